The molecule has 0 aliphatic heterocycles. The van der Waals surface area contributed by atoms with Crippen LogP contribution in [-0.2, 0) is 24.2 Å². The summed E-state index contributed by atoms with van der Waals surface area (Å²) in [5.74, 6) is 0.253. The Bertz CT molecular complexity index is 889. The van der Waals surface area contributed by atoms with Crippen molar-refractivity contribution in [1.82, 2.24) is 4.98 Å². The molecule has 3 aromatic rings. The van der Waals surface area contributed by atoms with Crippen molar-refractivity contribution in [2.75, 3.05) is 4.90 Å². The molecule has 4 rings (SSSR count). The van der Waals surface area contributed by atoms with Gasteiger partial charge in [-0.25, -0.2) is 4.98 Å². The second kappa shape index (κ2) is 7.42. The fourth-order valence-electron chi connectivity index (χ4n) is 3.61. The number of fused-ring (bicyclic) bond motifs is 1. The molecule has 3 nitrogen and oxygen atoms in total. The van der Waals surface area contributed by atoms with Crippen molar-refractivity contribution in [3.63, 3.8) is 0 Å². The number of thiazole rings is 1. The molecule has 0 spiro atoms. The van der Waals surface area contributed by atoms with Gasteiger partial charge < -0.3 is 4.90 Å². The number of carbonyl (C=O) groups is 1. The van der Waals surface area contributed by atoms with E-state index in [1.54, 1.807) is 11.3 Å². The molecule has 0 radical (unpaired) electrons. The van der Waals surface area contributed by atoms with Crippen molar-refractivity contribution in [2.24, 2.45) is 5.92 Å². The lowest BCUT2D eigenvalue weighted by Gasteiger charge is -2.29. The zero-order chi connectivity index (χ0) is 17.9. The number of nitrogens with zero attached hydrogens (tertiary/aromatic N) is 2. The Kier molecular flexibility index (Phi) is 4.85. The van der Waals surface area contributed by atoms with Gasteiger partial charge in [0.1, 0.15) is 0 Å². The van der Waals surface area contributed by atoms with Gasteiger partial charge in [-0.1, -0.05) is 48.5 Å². The third-order valence-corrected chi connectivity index (χ3v) is 5.95. The van der Waals surface area contributed by atoms with Gasteiger partial charge in [-0.3, -0.25) is 4.79 Å². The molecule has 26 heavy (non-hydrogen) atoms. The van der Waals surface area contributed by atoms with E-state index in [4.69, 9.17) is 0 Å². The van der Waals surface area contributed by atoms with Crippen molar-refractivity contribution >= 4 is 22.9 Å². The molecule has 1 heterocycles. The number of amides is 1. The van der Waals surface area contributed by atoms with Gasteiger partial charge in [0.15, 0.2) is 0 Å². The standard InChI is InChI=1S/C22H22N2OS/c1-16-23-20-13-12-18(14-21(20)26-16)22(25)24(19-10-6-3-7-11-19)15-17-8-4-2-5-9-17/h2-11,18H,12-15H2,1H3. The summed E-state index contributed by atoms with van der Waals surface area (Å²) in [6, 6.07) is 20.2. The van der Waals surface area contributed by atoms with Gasteiger partial charge >= 0.3 is 0 Å². The van der Waals surface area contributed by atoms with Gasteiger partial charge in [0.2, 0.25) is 5.91 Å². The number of carbonyl (C=O) groups excluding carboxylic acids is 1. The minimum atomic E-state index is 0.0336. The van der Waals surface area contributed by atoms with Crippen LogP contribution in [0.4, 0.5) is 5.69 Å². The van der Waals surface area contributed by atoms with Gasteiger partial charge in [-0.2, -0.15) is 0 Å². The zero-order valence-electron chi connectivity index (χ0n) is 14.9. The predicted molar refractivity (Wildman–Crippen MR) is 106 cm³/mol. The summed E-state index contributed by atoms with van der Waals surface area (Å²) in [4.78, 5) is 21.3. The minimum Gasteiger partial charge on any atom is -0.308 e. The quantitative estimate of drug-likeness (QED) is 0.668. The fraction of sp³-hybridized carbons (Fsp3) is 0.273. The SMILES string of the molecule is Cc1nc2c(s1)CC(C(=O)N(Cc1ccccc1)c1ccccc1)CC2. The highest BCUT2D eigenvalue weighted by Crippen LogP contribution is 2.32. The Morgan fingerprint density at radius 3 is 2.54 bits per heavy atom. The summed E-state index contributed by atoms with van der Waals surface area (Å²) < 4.78 is 0. The number of hydrogen-bond donors (Lipinski definition) is 0. The molecule has 0 N–H and O–H groups in total. The summed E-state index contributed by atoms with van der Waals surface area (Å²) >= 11 is 1.74. The Labute approximate surface area is 158 Å². The van der Waals surface area contributed by atoms with E-state index in [0.717, 1.165) is 35.5 Å². The van der Waals surface area contributed by atoms with Gasteiger partial charge in [-0.15, -0.1) is 11.3 Å². The van der Waals surface area contributed by atoms with Crippen LogP contribution in [0.5, 0.6) is 0 Å². The largest absolute Gasteiger partial charge is 0.308 e. The molecule has 2 aromatic carbocycles. The van der Waals surface area contributed by atoms with Crippen molar-refractivity contribution in [2.45, 2.75) is 32.7 Å². The van der Waals surface area contributed by atoms with Crippen LogP contribution in [0, 0.1) is 12.8 Å². The Hall–Kier alpha value is -2.46. The van der Waals surface area contributed by atoms with E-state index in [0.29, 0.717) is 6.54 Å². The number of hydrogen-bond acceptors (Lipinski definition) is 3. The molecule has 1 atom stereocenters. The van der Waals surface area contributed by atoms with E-state index in [2.05, 4.69) is 17.1 Å². The average molecular weight is 362 g/mol. The monoisotopic (exact) mass is 362 g/mol. The Morgan fingerprint density at radius 2 is 1.81 bits per heavy atom. The van der Waals surface area contributed by atoms with Crippen LogP contribution < -0.4 is 4.90 Å². The van der Waals surface area contributed by atoms with Crippen molar-refractivity contribution in [3.8, 4) is 0 Å². The number of anilines is 1. The molecule has 1 aromatic heterocycles. The molecule has 0 saturated heterocycles. The van der Waals surface area contributed by atoms with Gasteiger partial charge in [0.05, 0.1) is 17.2 Å². The van der Waals surface area contributed by atoms with Crippen molar-refractivity contribution in [3.05, 3.63) is 81.8 Å². The Morgan fingerprint density at radius 1 is 1.12 bits per heavy atom. The summed E-state index contributed by atoms with van der Waals surface area (Å²) in [5, 5.41) is 1.10. The zero-order valence-corrected chi connectivity index (χ0v) is 15.7. The number of aromatic nitrogens is 1. The lowest BCUT2D eigenvalue weighted by atomic mass is 9.89. The number of rotatable bonds is 4. The van der Waals surface area contributed by atoms with E-state index >= 15 is 0 Å². The van der Waals surface area contributed by atoms with E-state index in [1.807, 2.05) is 60.4 Å². The van der Waals surface area contributed by atoms with Crippen molar-refractivity contribution < 1.29 is 4.79 Å². The van der Waals surface area contributed by atoms with Crippen LogP contribution in [0.2, 0.25) is 0 Å². The van der Waals surface area contributed by atoms with Gasteiger partial charge in [-0.05, 0) is 43.9 Å². The van der Waals surface area contributed by atoms with Crippen LogP contribution in [-0.4, -0.2) is 10.9 Å². The molecule has 0 fully saturated rings. The van der Waals surface area contributed by atoms with Crippen LogP contribution in [0.1, 0.15) is 27.6 Å². The van der Waals surface area contributed by atoms with Crippen LogP contribution in [0.25, 0.3) is 0 Å². The molecular formula is C22H22N2OS. The second-order valence-corrected chi connectivity index (χ2v) is 8.08. The second-order valence-electron chi connectivity index (χ2n) is 6.79. The first-order valence-electron chi connectivity index (χ1n) is 9.06. The van der Waals surface area contributed by atoms with Crippen LogP contribution in [0.3, 0.4) is 0 Å². The van der Waals surface area contributed by atoms with E-state index in [-0.39, 0.29) is 11.8 Å². The maximum atomic E-state index is 13.4. The highest BCUT2D eigenvalue weighted by molar-refractivity contribution is 7.11. The molecule has 1 amide bonds. The first kappa shape index (κ1) is 17.0. The molecule has 1 aliphatic carbocycles. The summed E-state index contributed by atoms with van der Waals surface area (Å²) in [7, 11) is 0. The first-order valence-corrected chi connectivity index (χ1v) is 9.88. The van der Waals surface area contributed by atoms with Gasteiger partial charge in [0.25, 0.3) is 0 Å². The molecule has 132 valence electrons. The third kappa shape index (κ3) is 3.56. The fourth-order valence-corrected chi connectivity index (χ4v) is 4.67. The molecule has 0 bridgehead atoms. The molecular weight excluding hydrogens is 340 g/mol. The number of aryl methyl sites for hydroxylation is 2. The van der Waals surface area contributed by atoms with E-state index in [1.165, 1.54) is 10.6 Å². The van der Waals surface area contributed by atoms with Crippen molar-refractivity contribution in [1.29, 1.82) is 0 Å². The maximum absolute atomic E-state index is 13.4. The topological polar surface area (TPSA) is 33.2 Å². The average Bonchev–Trinajstić information content (AvgIpc) is 3.06. The molecule has 0 saturated carbocycles. The minimum absolute atomic E-state index is 0.0336. The van der Waals surface area contributed by atoms with Crippen LogP contribution in [0.15, 0.2) is 60.7 Å². The predicted octanol–water partition coefficient (Wildman–Crippen LogP) is 4.79. The Balaban J connectivity index is 1.60. The summed E-state index contributed by atoms with van der Waals surface area (Å²) in [6.07, 6.45) is 2.61. The maximum Gasteiger partial charge on any atom is 0.230 e. The third-order valence-electron chi connectivity index (χ3n) is 4.91. The van der Waals surface area contributed by atoms with Gasteiger partial charge in [0, 0.05) is 16.5 Å². The van der Waals surface area contributed by atoms with E-state index in [9.17, 15) is 4.79 Å². The summed E-state index contributed by atoms with van der Waals surface area (Å²) in [6.45, 7) is 2.65. The van der Waals surface area contributed by atoms with E-state index < -0.39 is 0 Å². The van der Waals surface area contributed by atoms with Crippen LogP contribution >= 0.6 is 11.3 Å². The number of benzene rings is 2. The normalized spacial score (nSPS) is 16.1. The highest BCUT2D eigenvalue weighted by atomic mass is 32.1. The lowest BCUT2D eigenvalue weighted by Crippen LogP contribution is -2.38. The first-order chi connectivity index (χ1) is 12.7. The summed E-state index contributed by atoms with van der Waals surface area (Å²) in [5.41, 5.74) is 3.31. The smallest absolute Gasteiger partial charge is 0.230 e. The number of para-hydroxylation sites is 1. The highest BCUT2D eigenvalue weighted by Gasteiger charge is 2.30. The lowest BCUT2D eigenvalue weighted by molar-refractivity contribution is -0.122. The molecule has 4 heteroatoms. The molecule has 1 aliphatic rings. The molecule has 1 unspecified atom stereocenters.